The number of hydrogen-bond acceptors (Lipinski definition) is 4. The molecular weight excluding hydrogens is 230 g/mol. The van der Waals surface area contributed by atoms with E-state index in [1.165, 1.54) is 4.68 Å². The Morgan fingerprint density at radius 3 is 3.06 bits per heavy atom. The lowest BCUT2D eigenvalue weighted by atomic mass is 10.1. The van der Waals surface area contributed by atoms with Crippen molar-refractivity contribution < 1.29 is 5.11 Å². The SMILES string of the molecule is Cn1ncc(N2CCC(CO)C2)c(Cl)c1=O. The molecule has 0 spiro atoms. The van der Waals surface area contributed by atoms with Gasteiger partial charge in [0.05, 0.1) is 11.9 Å². The first kappa shape index (κ1) is 11.4. The average molecular weight is 244 g/mol. The van der Waals surface area contributed by atoms with Crippen LogP contribution in [0.25, 0.3) is 0 Å². The maximum atomic E-state index is 11.6. The lowest BCUT2D eigenvalue weighted by Crippen LogP contribution is -2.27. The molecule has 0 radical (unpaired) electrons. The Labute approximate surface area is 98.3 Å². The molecule has 0 bridgehead atoms. The third-order valence-electron chi connectivity index (χ3n) is 2.94. The number of aryl methyl sites for hydroxylation is 1. The highest BCUT2D eigenvalue weighted by atomic mass is 35.5. The topological polar surface area (TPSA) is 58.4 Å². The van der Waals surface area contributed by atoms with Gasteiger partial charge in [-0.1, -0.05) is 11.6 Å². The molecule has 1 fully saturated rings. The van der Waals surface area contributed by atoms with E-state index in [0.29, 0.717) is 5.69 Å². The average Bonchev–Trinajstić information content (AvgIpc) is 2.74. The molecule has 2 heterocycles. The van der Waals surface area contributed by atoms with E-state index in [1.807, 2.05) is 4.90 Å². The minimum atomic E-state index is -0.286. The summed E-state index contributed by atoms with van der Waals surface area (Å²) in [4.78, 5) is 13.6. The zero-order valence-electron chi connectivity index (χ0n) is 9.06. The standard InChI is InChI=1S/C10H14ClN3O2/c1-13-10(16)9(11)8(4-12-13)14-3-2-7(5-14)6-15/h4,7,15H,2-3,5-6H2,1H3. The lowest BCUT2D eigenvalue weighted by Gasteiger charge is -2.19. The second-order valence-corrected chi connectivity index (χ2v) is 4.43. The smallest absolute Gasteiger partial charge is 0.287 e. The molecule has 1 aliphatic heterocycles. The van der Waals surface area contributed by atoms with E-state index >= 15 is 0 Å². The van der Waals surface area contributed by atoms with Gasteiger partial charge in [0, 0.05) is 32.7 Å². The van der Waals surface area contributed by atoms with Crippen LogP contribution in [-0.4, -0.2) is 34.6 Å². The molecule has 0 aromatic carbocycles. The highest BCUT2D eigenvalue weighted by Crippen LogP contribution is 2.26. The molecule has 1 aliphatic rings. The lowest BCUT2D eigenvalue weighted by molar-refractivity contribution is 0.238. The third-order valence-corrected chi connectivity index (χ3v) is 3.30. The van der Waals surface area contributed by atoms with E-state index in [4.69, 9.17) is 16.7 Å². The van der Waals surface area contributed by atoms with Crippen molar-refractivity contribution in [1.29, 1.82) is 0 Å². The van der Waals surface area contributed by atoms with Gasteiger partial charge in [0.15, 0.2) is 0 Å². The quantitative estimate of drug-likeness (QED) is 0.809. The number of aliphatic hydroxyl groups excluding tert-OH is 1. The van der Waals surface area contributed by atoms with Crippen molar-refractivity contribution in [2.45, 2.75) is 6.42 Å². The van der Waals surface area contributed by atoms with Gasteiger partial charge in [-0.05, 0) is 6.42 Å². The van der Waals surface area contributed by atoms with Crippen LogP contribution in [0.15, 0.2) is 11.0 Å². The number of aromatic nitrogens is 2. The second-order valence-electron chi connectivity index (χ2n) is 4.06. The molecule has 1 N–H and O–H groups in total. The monoisotopic (exact) mass is 243 g/mol. The van der Waals surface area contributed by atoms with Crippen LogP contribution >= 0.6 is 11.6 Å². The van der Waals surface area contributed by atoms with Crippen molar-refractivity contribution in [3.8, 4) is 0 Å². The van der Waals surface area contributed by atoms with Gasteiger partial charge in [0.25, 0.3) is 5.56 Å². The molecule has 16 heavy (non-hydrogen) atoms. The van der Waals surface area contributed by atoms with Gasteiger partial charge in [0.2, 0.25) is 0 Å². The van der Waals surface area contributed by atoms with Crippen LogP contribution < -0.4 is 10.5 Å². The van der Waals surface area contributed by atoms with E-state index in [1.54, 1.807) is 13.2 Å². The number of nitrogens with zero attached hydrogens (tertiary/aromatic N) is 3. The summed E-state index contributed by atoms with van der Waals surface area (Å²) >= 11 is 5.99. The molecule has 2 rings (SSSR count). The van der Waals surface area contributed by atoms with Crippen molar-refractivity contribution in [2.75, 3.05) is 24.6 Å². The molecule has 1 atom stereocenters. The first-order valence-corrected chi connectivity index (χ1v) is 5.59. The summed E-state index contributed by atoms with van der Waals surface area (Å²) < 4.78 is 1.21. The Morgan fingerprint density at radius 2 is 2.44 bits per heavy atom. The van der Waals surface area contributed by atoms with Gasteiger partial charge in [0.1, 0.15) is 5.02 Å². The van der Waals surface area contributed by atoms with Crippen molar-refractivity contribution >= 4 is 17.3 Å². The minimum absolute atomic E-state index is 0.173. The van der Waals surface area contributed by atoms with Crippen LogP contribution in [0.2, 0.25) is 5.02 Å². The van der Waals surface area contributed by atoms with E-state index < -0.39 is 0 Å². The second kappa shape index (κ2) is 4.43. The third kappa shape index (κ3) is 1.92. The summed E-state index contributed by atoms with van der Waals surface area (Å²) in [7, 11) is 1.57. The Morgan fingerprint density at radius 1 is 1.69 bits per heavy atom. The fourth-order valence-electron chi connectivity index (χ4n) is 1.92. The van der Waals surface area contributed by atoms with E-state index in [9.17, 15) is 4.79 Å². The molecule has 1 saturated heterocycles. The van der Waals surface area contributed by atoms with Crippen LogP contribution in [0.3, 0.4) is 0 Å². The molecule has 1 unspecified atom stereocenters. The Hall–Kier alpha value is -1.07. The van der Waals surface area contributed by atoms with Crippen LogP contribution in [0.4, 0.5) is 5.69 Å². The highest BCUT2D eigenvalue weighted by Gasteiger charge is 2.24. The van der Waals surface area contributed by atoms with Gasteiger partial charge in [-0.3, -0.25) is 4.79 Å². The molecule has 0 saturated carbocycles. The summed E-state index contributed by atoms with van der Waals surface area (Å²) in [6.45, 7) is 1.71. The number of rotatable bonds is 2. The molecular formula is C10H14ClN3O2. The Bertz CT molecular complexity index is 446. The van der Waals surface area contributed by atoms with Gasteiger partial charge in [-0.25, -0.2) is 4.68 Å². The van der Waals surface area contributed by atoms with Gasteiger partial charge >= 0.3 is 0 Å². The van der Waals surface area contributed by atoms with E-state index in [0.717, 1.165) is 19.5 Å². The first-order chi connectivity index (χ1) is 7.63. The van der Waals surface area contributed by atoms with Crippen molar-refractivity contribution in [3.05, 3.63) is 21.6 Å². The zero-order valence-corrected chi connectivity index (χ0v) is 9.81. The van der Waals surface area contributed by atoms with Crippen molar-refractivity contribution in [2.24, 2.45) is 13.0 Å². The maximum Gasteiger partial charge on any atom is 0.287 e. The van der Waals surface area contributed by atoms with Crippen molar-refractivity contribution in [3.63, 3.8) is 0 Å². The van der Waals surface area contributed by atoms with Gasteiger partial charge in [-0.15, -0.1) is 0 Å². The molecule has 0 amide bonds. The van der Waals surface area contributed by atoms with Crippen LogP contribution in [-0.2, 0) is 7.05 Å². The van der Waals surface area contributed by atoms with Gasteiger partial charge in [-0.2, -0.15) is 5.10 Å². The number of anilines is 1. The number of aliphatic hydroxyl groups is 1. The fourth-order valence-corrected chi connectivity index (χ4v) is 2.21. The molecule has 1 aromatic rings. The zero-order chi connectivity index (χ0) is 11.7. The highest BCUT2D eigenvalue weighted by molar-refractivity contribution is 6.33. The number of halogens is 1. The van der Waals surface area contributed by atoms with Crippen molar-refractivity contribution in [1.82, 2.24) is 9.78 Å². The van der Waals surface area contributed by atoms with Crippen LogP contribution in [0.5, 0.6) is 0 Å². The Balaban J connectivity index is 2.29. The van der Waals surface area contributed by atoms with E-state index in [2.05, 4.69) is 5.10 Å². The Kier molecular flexibility index (Phi) is 3.16. The predicted octanol–water partition coefficient (Wildman–Crippen LogP) is 0.252. The summed E-state index contributed by atoms with van der Waals surface area (Å²) in [5, 5.41) is 13.2. The summed E-state index contributed by atoms with van der Waals surface area (Å²) in [6, 6.07) is 0. The van der Waals surface area contributed by atoms with Crippen LogP contribution in [0, 0.1) is 5.92 Å². The summed E-state index contributed by atoms with van der Waals surface area (Å²) in [5.41, 5.74) is 0.382. The normalized spacial score (nSPS) is 20.4. The molecule has 5 nitrogen and oxygen atoms in total. The molecule has 88 valence electrons. The van der Waals surface area contributed by atoms with Crippen LogP contribution in [0.1, 0.15) is 6.42 Å². The minimum Gasteiger partial charge on any atom is -0.396 e. The molecule has 1 aromatic heterocycles. The van der Waals surface area contributed by atoms with E-state index in [-0.39, 0.29) is 23.1 Å². The summed E-state index contributed by atoms with van der Waals surface area (Å²) in [6.07, 6.45) is 2.52. The number of hydrogen-bond donors (Lipinski definition) is 1. The maximum absolute atomic E-state index is 11.6. The summed E-state index contributed by atoms with van der Waals surface area (Å²) in [5.74, 6) is 0.264. The molecule has 0 aliphatic carbocycles. The van der Waals surface area contributed by atoms with Gasteiger partial charge < -0.3 is 10.0 Å². The first-order valence-electron chi connectivity index (χ1n) is 5.21. The largest absolute Gasteiger partial charge is 0.396 e. The fraction of sp³-hybridized carbons (Fsp3) is 0.600. The molecule has 6 heteroatoms. The predicted molar refractivity (Wildman–Crippen MR) is 61.9 cm³/mol.